The molecule has 2 unspecified atom stereocenters. The van der Waals surface area contributed by atoms with Gasteiger partial charge in [0.05, 0.1) is 0 Å². The Labute approximate surface area is 215 Å². The molecular formula is C25H36O5Si5. The molecule has 186 valence electrons. The smallest absolute Gasteiger partial charge is 0.352 e. The molecule has 0 N–H and O–H groups in total. The quantitative estimate of drug-likeness (QED) is 0.447. The summed E-state index contributed by atoms with van der Waals surface area (Å²) >= 11 is 0. The molecule has 2 atom stereocenters. The predicted octanol–water partition coefficient (Wildman–Crippen LogP) is 4.42. The van der Waals surface area contributed by atoms with Gasteiger partial charge in [-0.25, -0.2) is 0 Å². The van der Waals surface area contributed by atoms with Gasteiger partial charge in [0.25, 0.3) is 0 Å². The zero-order valence-electron chi connectivity index (χ0n) is 21.7. The lowest BCUT2D eigenvalue weighted by atomic mass is 10.4. The van der Waals surface area contributed by atoms with Crippen LogP contribution in [0.1, 0.15) is 0 Å². The summed E-state index contributed by atoms with van der Waals surface area (Å²) in [5, 5.41) is 3.22. The molecule has 0 aliphatic carbocycles. The van der Waals surface area contributed by atoms with Crippen LogP contribution in [0, 0.1) is 0 Å². The molecule has 1 aliphatic rings. The third-order valence-corrected chi connectivity index (χ3v) is 27.4. The van der Waals surface area contributed by atoms with Crippen LogP contribution in [-0.2, 0) is 20.6 Å². The van der Waals surface area contributed by atoms with E-state index in [9.17, 15) is 0 Å². The Hall–Kier alpha value is -1.46. The molecule has 4 rings (SSSR count). The van der Waals surface area contributed by atoms with Crippen LogP contribution in [-0.4, -0.2) is 42.8 Å². The van der Waals surface area contributed by atoms with E-state index in [2.05, 4.69) is 82.2 Å². The monoisotopic (exact) mass is 556 g/mol. The van der Waals surface area contributed by atoms with Crippen LogP contribution >= 0.6 is 0 Å². The number of hydrogen-bond donors (Lipinski definition) is 0. The Balaban J connectivity index is 1.94. The number of benzene rings is 3. The minimum Gasteiger partial charge on any atom is -0.416 e. The fourth-order valence-corrected chi connectivity index (χ4v) is 31.1. The van der Waals surface area contributed by atoms with E-state index in [4.69, 9.17) is 20.6 Å². The number of rotatable bonds is 3. The highest BCUT2D eigenvalue weighted by Gasteiger charge is 2.57. The van der Waals surface area contributed by atoms with Gasteiger partial charge in [0, 0.05) is 0 Å². The fourth-order valence-electron chi connectivity index (χ4n) is 4.95. The molecule has 35 heavy (non-hydrogen) atoms. The molecule has 0 bridgehead atoms. The summed E-state index contributed by atoms with van der Waals surface area (Å²) < 4.78 is 35.2. The lowest BCUT2D eigenvalue weighted by Gasteiger charge is -2.49. The van der Waals surface area contributed by atoms with Crippen LogP contribution in [0.2, 0.25) is 45.8 Å². The molecule has 1 heterocycles. The second-order valence-corrected chi connectivity index (χ2v) is 27.3. The minimum atomic E-state index is -3.05. The van der Waals surface area contributed by atoms with E-state index in [1.54, 1.807) is 0 Å². The van der Waals surface area contributed by atoms with Gasteiger partial charge in [-0.05, 0) is 61.4 Å². The first kappa shape index (κ1) is 26.6. The summed E-state index contributed by atoms with van der Waals surface area (Å²) in [4.78, 5) is 0. The highest BCUT2D eigenvalue weighted by molar-refractivity contribution is 7.02. The van der Waals surface area contributed by atoms with Gasteiger partial charge in [-0.1, -0.05) is 91.0 Å². The van der Waals surface area contributed by atoms with Crippen molar-refractivity contribution in [1.29, 1.82) is 0 Å². The van der Waals surface area contributed by atoms with Gasteiger partial charge in [-0.2, -0.15) is 0 Å². The van der Waals surface area contributed by atoms with Gasteiger partial charge in [-0.3, -0.25) is 0 Å². The molecule has 10 heteroatoms. The highest BCUT2D eigenvalue weighted by Crippen LogP contribution is 2.31. The SMILES string of the molecule is C[Si]1(C)O[Si](C)(C)O[Si](C)(c2ccccc2)O[Si](C)(c2ccccc2)O[Si](C)(c2ccccc2)O1. The topological polar surface area (TPSA) is 46.2 Å². The Morgan fingerprint density at radius 3 is 0.886 bits per heavy atom. The molecule has 0 amide bonds. The first-order valence-corrected chi connectivity index (χ1v) is 24.6. The van der Waals surface area contributed by atoms with Gasteiger partial charge in [0.1, 0.15) is 0 Å². The van der Waals surface area contributed by atoms with Gasteiger partial charge in [0.15, 0.2) is 0 Å². The fraction of sp³-hybridized carbons (Fsp3) is 0.280. The van der Waals surface area contributed by atoms with Gasteiger partial charge in [-0.15, -0.1) is 0 Å². The standard InChI is InChI=1S/C25H36O5Si5/c1-31(2)26-32(3,4)28-34(6,24-19-13-9-14-20-24)30-35(7,25-21-15-10-16-22-25)29-33(5,27-31)23-17-11-8-12-18-23/h8-22H,1-7H3. The molecule has 3 aromatic carbocycles. The average molecular weight is 557 g/mol. The van der Waals surface area contributed by atoms with E-state index < -0.39 is 42.8 Å². The summed E-state index contributed by atoms with van der Waals surface area (Å²) in [7, 11) is -14.3. The van der Waals surface area contributed by atoms with Crippen molar-refractivity contribution in [2.75, 3.05) is 0 Å². The van der Waals surface area contributed by atoms with E-state index in [1.165, 1.54) is 0 Å². The summed E-state index contributed by atoms with van der Waals surface area (Å²) in [5.74, 6) is 0. The van der Waals surface area contributed by atoms with Crippen molar-refractivity contribution in [2.45, 2.75) is 45.8 Å². The molecule has 1 fully saturated rings. The van der Waals surface area contributed by atoms with Gasteiger partial charge in [0.2, 0.25) is 0 Å². The van der Waals surface area contributed by atoms with Crippen LogP contribution in [0.5, 0.6) is 0 Å². The van der Waals surface area contributed by atoms with Crippen LogP contribution in [0.25, 0.3) is 0 Å². The molecule has 0 radical (unpaired) electrons. The first-order chi connectivity index (χ1) is 16.4. The summed E-state index contributed by atoms with van der Waals surface area (Å²) in [6.45, 7) is 14.8. The zero-order valence-corrected chi connectivity index (χ0v) is 26.7. The Morgan fingerprint density at radius 2 is 0.600 bits per heavy atom. The van der Waals surface area contributed by atoms with Crippen LogP contribution in [0.15, 0.2) is 91.0 Å². The molecule has 0 spiro atoms. The van der Waals surface area contributed by atoms with Crippen molar-refractivity contribution in [3.05, 3.63) is 91.0 Å². The van der Waals surface area contributed by atoms with E-state index in [0.29, 0.717) is 0 Å². The van der Waals surface area contributed by atoms with Crippen molar-refractivity contribution >= 4 is 58.4 Å². The average Bonchev–Trinajstić information content (AvgIpc) is 2.78. The van der Waals surface area contributed by atoms with Crippen molar-refractivity contribution < 1.29 is 20.6 Å². The van der Waals surface area contributed by atoms with Crippen LogP contribution in [0.3, 0.4) is 0 Å². The molecular weight excluding hydrogens is 521 g/mol. The second kappa shape index (κ2) is 9.78. The van der Waals surface area contributed by atoms with E-state index in [-0.39, 0.29) is 0 Å². The van der Waals surface area contributed by atoms with Crippen LogP contribution in [0.4, 0.5) is 0 Å². The van der Waals surface area contributed by atoms with Crippen molar-refractivity contribution in [3.63, 3.8) is 0 Å². The van der Waals surface area contributed by atoms with Crippen molar-refractivity contribution in [3.8, 4) is 0 Å². The molecule has 0 aromatic heterocycles. The van der Waals surface area contributed by atoms with E-state index >= 15 is 0 Å². The molecule has 0 saturated carbocycles. The maximum absolute atomic E-state index is 7.25. The van der Waals surface area contributed by atoms with E-state index in [1.807, 2.05) is 54.6 Å². The van der Waals surface area contributed by atoms with Crippen molar-refractivity contribution in [2.24, 2.45) is 0 Å². The second-order valence-electron chi connectivity index (χ2n) is 10.2. The predicted molar refractivity (Wildman–Crippen MR) is 153 cm³/mol. The molecule has 5 nitrogen and oxygen atoms in total. The largest absolute Gasteiger partial charge is 0.416 e. The Kier molecular flexibility index (Phi) is 7.43. The van der Waals surface area contributed by atoms with Crippen LogP contribution < -0.4 is 15.6 Å². The summed E-state index contributed by atoms with van der Waals surface area (Å²) in [6.07, 6.45) is 0. The Morgan fingerprint density at radius 1 is 0.343 bits per heavy atom. The lowest BCUT2D eigenvalue weighted by Crippen LogP contribution is -2.73. The molecule has 1 aliphatic heterocycles. The van der Waals surface area contributed by atoms with Crippen molar-refractivity contribution in [1.82, 2.24) is 0 Å². The maximum atomic E-state index is 7.25. The lowest BCUT2D eigenvalue weighted by molar-refractivity contribution is 0.248. The van der Waals surface area contributed by atoms with Gasteiger partial charge >= 0.3 is 42.8 Å². The number of hydrogen-bond acceptors (Lipinski definition) is 5. The summed E-state index contributed by atoms with van der Waals surface area (Å²) in [6, 6.07) is 31.0. The summed E-state index contributed by atoms with van der Waals surface area (Å²) in [5.41, 5.74) is 0. The Bertz CT molecular complexity index is 1070. The molecule has 1 saturated heterocycles. The normalized spacial score (nSPS) is 30.9. The third-order valence-electron chi connectivity index (χ3n) is 6.05. The third kappa shape index (κ3) is 6.10. The maximum Gasteiger partial charge on any atom is 0.352 e. The minimum absolute atomic E-state index is 1.07. The van der Waals surface area contributed by atoms with Gasteiger partial charge < -0.3 is 20.6 Å². The van der Waals surface area contributed by atoms with E-state index in [0.717, 1.165) is 15.6 Å². The first-order valence-electron chi connectivity index (χ1n) is 12.0. The zero-order chi connectivity index (χ0) is 25.4. The molecule has 3 aromatic rings. The highest BCUT2D eigenvalue weighted by atomic mass is 28.5.